The highest BCUT2D eigenvalue weighted by Gasteiger charge is 2.20. The Morgan fingerprint density at radius 1 is 1.03 bits per heavy atom. The second-order valence-electron chi connectivity index (χ2n) is 7.45. The standard InChI is InChI=1S/C23H23F3N4O3/c1-3-12-30(13-18(31)27-17-9-8-16(24)21(25)22(17)26)20(32)11-10-19-28-29-23(33-19)15-6-4-14(2)5-7-15/h4-9H,3,10-13H2,1-2H3,(H,27,31). The third kappa shape index (κ3) is 6.18. The highest BCUT2D eigenvalue weighted by Crippen LogP contribution is 2.20. The second kappa shape index (κ2) is 10.8. The maximum Gasteiger partial charge on any atom is 0.247 e. The quantitative estimate of drug-likeness (QED) is 0.482. The van der Waals surface area contributed by atoms with Crippen LogP contribution in [0.15, 0.2) is 40.8 Å². The molecule has 0 aliphatic heterocycles. The molecule has 33 heavy (non-hydrogen) atoms. The number of nitrogens with zero attached hydrogens (tertiary/aromatic N) is 3. The number of halogens is 3. The fourth-order valence-electron chi connectivity index (χ4n) is 3.09. The maximum atomic E-state index is 13.8. The van der Waals surface area contributed by atoms with Crippen LogP contribution < -0.4 is 5.32 Å². The predicted molar refractivity (Wildman–Crippen MR) is 115 cm³/mol. The summed E-state index contributed by atoms with van der Waals surface area (Å²) in [6.07, 6.45) is 0.774. The summed E-state index contributed by atoms with van der Waals surface area (Å²) in [6, 6.07) is 9.17. The van der Waals surface area contributed by atoms with Crippen LogP contribution in [0.5, 0.6) is 0 Å². The summed E-state index contributed by atoms with van der Waals surface area (Å²) in [5.74, 6) is -5.00. The lowest BCUT2D eigenvalue weighted by Crippen LogP contribution is -2.38. The first kappa shape index (κ1) is 24.0. The lowest BCUT2D eigenvalue weighted by Gasteiger charge is -2.21. The molecule has 0 saturated heterocycles. The van der Waals surface area contributed by atoms with E-state index in [0.717, 1.165) is 17.2 Å². The first-order valence-corrected chi connectivity index (χ1v) is 10.4. The molecule has 0 fully saturated rings. The van der Waals surface area contributed by atoms with Crippen LogP contribution in [0.25, 0.3) is 11.5 Å². The Morgan fingerprint density at radius 2 is 1.76 bits per heavy atom. The van der Waals surface area contributed by atoms with E-state index in [1.807, 2.05) is 38.1 Å². The van der Waals surface area contributed by atoms with Crippen LogP contribution in [0.3, 0.4) is 0 Å². The van der Waals surface area contributed by atoms with Crippen LogP contribution in [0.1, 0.15) is 31.2 Å². The van der Waals surface area contributed by atoms with Gasteiger partial charge in [0.15, 0.2) is 17.5 Å². The monoisotopic (exact) mass is 460 g/mol. The topological polar surface area (TPSA) is 88.3 Å². The number of hydrogen-bond acceptors (Lipinski definition) is 5. The lowest BCUT2D eigenvalue weighted by molar-refractivity contribution is -0.134. The molecule has 174 valence electrons. The van der Waals surface area contributed by atoms with E-state index in [-0.39, 0.29) is 37.7 Å². The average molecular weight is 460 g/mol. The minimum absolute atomic E-state index is 0.0162. The fourth-order valence-corrected chi connectivity index (χ4v) is 3.09. The number of anilines is 1. The van der Waals surface area contributed by atoms with Crippen LogP contribution in [-0.2, 0) is 16.0 Å². The van der Waals surface area contributed by atoms with Gasteiger partial charge in [-0.15, -0.1) is 10.2 Å². The Bertz CT molecular complexity index is 1130. The molecule has 0 bridgehead atoms. The van der Waals surface area contributed by atoms with Crippen molar-refractivity contribution in [1.29, 1.82) is 0 Å². The minimum Gasteiger partial charge on any atom is -0.421 e. The molecule has 0 radical (unpaired) electrons. The van der Waals surface area contributed by atoms with Gasteiger partial charge in [0.1, 0.15) is 0 Å². The van der Waals surface area contributed by atoms with Crippen LogP contribution in [-0.4, -0.2) is 40.0 Å². The number of hydrogen-bond donors (Lipinski definition) is 1. The van der Waals surface area contributed by atoms with Gasteiger partial charge in [0.25, 0.3) is 0 Å². The van der Waals surface area contributed by atoms with E-state index < -0.39 is 29.0 Å². The van der Waals surface area contributed by atoms with Crippen molar-refractivity contribution in [2.75, 3.05) is 18.4 Å². The van der Waals surface area contributed by atoms with Crippen molar-refractivity contribution in [1.82, 2.24) is 15.1 Å². The van der Waals surface area contributed by atoms with E-state index in [0.29, 0.717) is 18.4 Å². The number of nitrogens with one attached hydrogen (secondary N) is 1. The van der Waals surface area contributed by atoms with Crippen molar-refractivity contribution in [3.63, 3.8) is 0 Å². The maximum absolute atomic E-state index is 13.8. The van der Waals surface area contributed by atoms with E-state index in [1.165, 1.54) is 4.90 Å². The van der Waals surface area contributed by atoms with Gasteiger partial charge in [0.05, 0.1) is 12.2 Å². The summed E-state index contributed by atoms with van der Waals surface area (Å²) in [4.78, 5) is 26.2. The zero-order chi connectivity index (χ0) is 24.0. The fraction of sp³-hybridized carbons (Fsp3) is 0.304. The molecule has 2 aromatic carbocycles. The third-order valence-electron chi connectivity index (χ3n) is 4.81. The zero-order valence-electron chi connectivity index (χ0n) is 18.2. The van der Waals surface area contributed by atoms with E-state index in [2.05, 4.69) is 15.5 Å². The van der Waals surface area contributed by atoms with Gasteiger partial charge in [-0.1, -0.05) is 24.6 Å². The molecule has 0 aliphatic rings. The Hall–Kier alpha value is -3.69. The average Bonchev–Trinajstić information content (AvgIpc) is 3.27. The Kier molecular flexibility index (Phi) is 7.81. The number of amides is 2. The van der Waals surface area contributed by atoms with Gasteiger partial charge in [-0.2, -0.15) is 0 Å². The van der Waals surface area contributed by atoms with Crippen LogP contribution in [0, 0.1) is 24.4 Å². The largest absolute Gasteiger partial charge is 0.421 e. The normalized spacial score (nSPS) is 10.8. The molecule has 2 amide bonds. The molecule has 10 heteroatoms. The van der Waals surface area contributed by atoms with Crippen molar-refractivity contribution in [2.24, 2.45) is 0 Å². The molecule has 0 saturated carbocycles. The van der Waals surface area contributed by atoms with Gasteiger partial charge in [0.2, 0.25) is 23.6 Å². The third-order valence-corrected chi connectivity index (χ3v) is 4.81. The second-order valence-corrected chi connectivity index (χ2v) is 7.45. The molecule has 7 nitrogen and oxygen atoms in total. The predicted octanol–water partition coefficient (Wildman–Crippen LogP) is 4.27. The molecule has 1 aromatic heterocycles. The van der Waals surface area contributed by atoms with Crippen molar-refractivity contribution in [2.45, 2.75) is 33.1 Å². The number of rotatable bonds is 9. The van der Waals surface area contributed by atoms with Gasteiger partial charge in [-0.3, -0.25) is 9.59 Å². The highest BCUT2D eigenvalue weighted by molar-refractivity contribution is 5.94. The van der Waals surface area contributed by atoms with Crippen molar-refractivity contribution >= 4 is 17.5 Å². The highest BCUT2D eigenvalue weighted by atomic mass is 19.2. The van der Waals surface area contributed by atoms with Gasteiger partial charge >= 0.3 is 0 Å². The van der Waals surface area contributed by atoms with E-state index in [1.54, 1.807) is 0 Å². The lowest BCUT2D eigenvalue weighted by atomic mass is 10.1. The number of carbonyl (C=O) groups is 2. The summed E-state index contributed by atoms with van der Waals surface area (Å²) in [6.45, 7) is 3.71. The summed E-state index contributed by atoms with van der Waals surface area (Å²) >= 11 is 0. The molecule has 3 aromatic rings. The summed E-state index contributed by atoms with van der Waals surface area (Å²) in [5, 5.41) is 10.1. The molecule has 0 spiro atoms. The Morgan fingerprint density at radius 3 is 2.45 bits per heavy atom. The molecule has 0 atom stereocenters. The van der Waals surface area contributed by atoms with Gasteiger partial charge < -0.3 is 14.6 Å². The Labute approximate surface area is 188 Å². The molecule has 3 rings (SSSR count). The molecule has 1 heterocycles. The smallest absolute Gasteiger partial charge is 0.247 e. The van der Waals surface area contributed by atoms with Gasteiger partial charge in [-0.05, 0) is 37.6 Å². The number of aryl methyl sites for hydroxylation is 2. The number of carbonyl (C=O) groups excluding carboxylic acids is 2. The molecule has 1 N–H and O–H groups in total. The first-order chi connectivity index (χ1) is 15.8. The molecular weight excluding hydrogens is 437 g/mol. The van der Waals surface area contributed by atoms with E-state index >= 15 is 0 Å². The van der Waals surface area contributed by atoms with Gasteiger partial charge in [0, 0.05) is 24.9 Å². The van der Waals surface area contributed by atoms with Crippen molar-refractivity contribution in [3.8, 4) is 11.5 Å². The zero-order valence-corrected chi connectivity index (χ0v) is 18.2. The summed E-state index contributed by atoms with van der Waals surface area (Å²) < 4.78 is 45.8. The van der Waals surface area contributed by atoms with E-state index in [4.69, 9.17) is 4.42 Å². The number of benzene rings is 2. The minimum atomic E-state index is -1.68. The first-order valence-electron chi connectivity index (χ1n) is 10.4. The number of aromatic nitrogens is 2. The van der Waals surface area contributed by atoms with Crippen LogP contribution >= 0.6 is 0 Å². The molecular formula is C23H23F3N4O3. The van der Waals surface area contributed by atoms with E-state index in [9.17, 15) is 22.8 Å². The summed E-state index contributed by atoms with van der Waals surface area (Å²) in [5.41, 5.74) is 1.35. The SMILES string of the molecule is CCCN(CC(=O)Nc1ccc(F)c(F)c1F)C(=O)CCc1nnc(-c2ccc(C)cc2)o1. The van der Waals surface area contributed by atoms with Crippen molar-refractivity contribution < 1.29 is 27.2 Å². The van der Waals surface area contributed by atoms with Crippen LogP contribution in [0.2, 0.25) is 0 Å². The summed E-state index contributed by atoms with van der Waals surface area (Å²) in [7, 11) is 0. The Balaban J connectivity index is 1.58. The molecule has 0 aliphatic carbocycles. The van der Waals surface area contributed by atoms with Crippen molar-refractivity contribution in [3.05, 3.63) is 65.3 Å². The van der Waals surface area contributed by atoms with Crippen LogP contribution in [0.4, 0.5) is 18.9 Å². The van der Waals surface area contributed by atoms with Gasteiger partial charge in [-0.25, -0.2) is 13.2 Å². The molecule has 0 unspecified atom stereocenters.